The molecular formula is C15H16FN3O3. The molecule has 1 amide bonds. The van der Waals surface area contributed by atoms with E-state index in [1.807, 2.05) is 0 Å². The van der Waals surface area contributed by atoms with Crippen LogP contribution in [0, 0.1) is 5.82 Å². The summed E-state index contributed by atoms with van der Waals surface area (Å²) in [6.07, 6.45) is 0.767. The van der Waals surface area contributed by atoms with Crippen LogP contribution in [-0.2, 0) is 0 Å². The number of methoxy groups -OCH3 is 1. The van der Waals surface area contributed by atoms with Crippen molar-refractivity contribution in [3.05, 3.63) is 35.8 Å². The SMILES string of the molecule is COc1ccc(-c2cc(C(=O)N3CC[C@@H](N)C3)no2)c(F)c1. The van der Waals surface area contributed by atoms with Gasteiger partial charge in [-0.15, -0.1) is 0 Å². The van der Waals surface area contributed by atoms with Gasteiger partial charge in [-0.05, 0) is 18.6 Å². The van der Waals surface area contributed by atoms with Crippen molar-refractivity contribution in [3.8, 4) is 17.1 Å². The van der Waals surface area contributed by atoms with E-state index >= 15 is 0 Å². The van der Waals surface area contributed by atoms with E-state index in [0.717, 1.165) is 6.42 Å². The molecule has 1 aliphatic heterocycles. The second-order valence-electron chi connectivity index (χ2n) is 5.22. The van der Waals surface area contributed by atoms with Crippen LogP contribution in [0.3, 0.4) is 0 Å². The Morgan fingerprint density at radius 1 is 1.50 bits per heavy atom. The molecule has 2 aromatic rings. The third-order valence-corrected chi connectivity index (χ3v) is 3.68. The zero-order valence-corrected chi connectivity index (χ0v) is 12.1. The molecule has 0 saturated carbocycles. The van der Waals surface area contributed by atoms with Crippen LogP contribution in [0.25, 0.3) is 11.3 Å². The molecular weight excluding hydrogens is 289 g/mol. The largest absolute Gasteiger partial charge is 0.497 e. The molecule has 0 radical (unpaired) electrons. The third kappa shape index (κ3) is 2.67. The van der Waals surface area contributed by atoms with E-state index in [1.54, 1.807) is 11.0 Å². The molecule has 22 heavy (non-hydrogen) atoms. The second-order valence-corrected chi connectivity index (χ2v) is 5.22. The molecule has 1 saturated heterocycles. The van der Waals surface area contributed by atoms with Crippen LogP contribution >= 0.6 is 0 Å². The molecule has 1 aromatic heterocycles. The number of aromatic nitrogens is 1. The number of hydrogen-bond donors (Lipinski definition) is 1. The van der Waals surface area contributed by atoms with Gasteiger partial charge in [-0.25, -0.2) is 4.39 Å². The number of likely N-dealkylation sites (tertiary alicyclic amines) is 1. The van der Waals surface area contributed by atoms with E-state index in [4.69, 9.17) is 15.0 Å². The zero-order valence-electron chi connectivity index (χ0n) is 12.1. The van der Waals surface area contributed by atoms with Gasteiger partial charge in [0.25, 0.3) is 5.91 Å². The summed E-state index contributed by atoms with van der Waals surface area (Å²) < 4.78 is 24.1. The molecule has 0 bridgehead atoms. The Hall–Kier alpha value is -2.41. The van der Waals surface area contributed by atoms with Crippen molar-refractivity contribution in [2.75, 3.05) is 20.2 Å². The molecule has 1 atom stereocenters. The smallest absolute Gasteiger partial charge is 0.276 e. The van der Waals surface area contributed by atoms with Gasteiger partial charge in [0.05, 0.1) is 12.7 Å². The van der Waals surface area contributed by atoms with E-state index in [-0.39, 0.29) is 29.0 Å². The van der Waals surface area contributed by atoms with Crippen LogP contribution in [0.15, 0.2) is 28.8 Å². The summed E-state index contributed by atoms with van der Waals surface area (Å²) in [5.74, 6) is -0.148. The topological polar surface area (TPSA) is 81.6 Å². The third-order valence-electron chi connectivity index (χ3n) is 3.68. The minimum absolute atomic E-state index is 0.00523. The molecule has 0 aliphatic carbocycles. The van der Waals surface area contributed by atoms with Gasteiger partial charge in [0.15, 0.2) is 11.5 Å². The number of halogens is 1. The first-order valence-electron chi connectivity index (χ1n) is 6.94. The highest BCUT2D eigenvalue weighted by Gasteiger charge is 2.27. The lowest BCUT2D eigenvalue weighted by molar-refractivity contribution is 0.0780. The number of amides is 1. The fourth-order valence-corrected chi connectivity index (χ4v) is 2.46. The van der Waals surface area contributed by atoms with Crippen molar-refractivity contribution in [1.82, 2.24) is 10.1 Å². The van der Waals surface area contributed by atoms with E-state index in [1.165, 1.54) is 25.3 Å². The fourth-order valence-electron chi connectivity index (χ4n) is 2.46. The van der Waals surface area contributed by atoms with Crippen LogP contribution in [0.5, 0.6) is 5.75 Å². The molecule has 3 rings (SSSR count). The summed E-state index contributed by atoms with van der Waals surface area (Å²) in [4.78, 5) is 13.9. The predicted molar refractivity (Wildman–Crippen MR) is 76.9 cm³/mol. The summed E-state index contributed by atoms with van der Waals surface area (Å²) in [5.41, 5.74) is 6.16. The average molecular weight is 305 g/mol. The number of carbonyl (C=O) groups excluding carboxylic acids is 1. The Kier molecular flexibility index (Phi) is 3.81. The maximum Gasteiger partial charge on any atom is 0.276 e. The zero-order chi connectivity index (χ0) is 15.7. The molecule has 1 fully saturated rings. The van der Waals surface area contributed by atoms with Crippen molar-refractivity contribution < 1.29 is 18.4 Å². The van der Waals surface area contributed by atoms with Crippen LogP contribution in [-0.4, -0.2) is 42.2 Å². The van der Waals surface area contributed by atoms with Crippen molar-refractivity contribution in [3.63, 3.8) is 0 Å². The van der Waals surface area contributed by atoms with Gasteiger partial charge in [-0.3, -0.25) is 4.79 Å². The Balaban J connectivity index is 1.83. The lowest BCUT2D eigenvalue weighted by atomic mass is 10.1. The first-order chi connectivity index (χ1) is 10.6. The molecule has 0 spiro atoms. The van der Waals surface area contributed by atoms with E-state index in [2.05, 4.69) is 5.16 Å². The maximum absolute atomic E-state index is 14.0. The number of nitrogens with two attached hydrogens (primary N) is 1. The first-order valence-corrected chi connectivity index (χ1v) is 6.94. The van der Waals surface area contributed by atoms with Gasteiger partial charge in [0.1, 0.15) is 11.6 Å². The van der Waals surface area contributed by atoms with Gasteiger partial charge in [0.2, 0.25) is 0 Å². The Morgan fingerprint density at radius 3 is 2.95 bits per heavy atom. The molecule has 0 unspecified atom stereocenters. The van der Waals surface area contributed by atoms with Crippen LogP contribution in [0.4, 0.5) is 4.39 Å². The Morgan fingerprint density at radius 2 is 2.32 bits per heavy atom. The Bertz CT molecular complexity index is 701. The van der Waals surface area contributed by atoms with Crippen molar-refractivity contribution in [2.24, 2.45) is 5.73 Å². The average Bonchev–Trinajstić information content (AvgIpc) is 3.15. The molecule has 1 aromatic carbocycles. The summed E-state index contributed by atoms with van der Waals surface area (Å²) in [7, 11) is 1.46. The minimum Gasteiger partial charge on any atom is -0.497 e. The Labute approximate surface area is 126 Å². The summed E-state index contributed by atoms with van der Waals surface area (Å²) in [5, 5.41) is 3.74. The summed E-state index contributed by atoms with van der Waals surface area (Å²) in [6.45, 7) is 1.09. The first kappa shape index (κ1) is 14.5. The fraction of sp³-hybridized carbons (Fsp3) is 0.333. The lowest BCUT2D eigenvalue weighted by Crippen LogP contribution is -2.32. The van der Waals surface area contributed by atoms with Gasteiger partial charge in [-0.2, -0.15) is 0 Å². The number of rotatable bonds is 3. The molecule has 2 heterocycles. The van der Waals surface area contributed by atoms with Crippen LogP contribution < -0.4 is 10.5 Å². The lowest BCUT2D eigenvalue weighted by Gasteiger charge is -2.13. The quantitative estimate of drug-likeness (QED) is 0.932. The maximum atomic E-state index is 14.0. The van der Waals surface area contributed by atoms with Crippen molar-refractivity contribution >= 4 is 5.91 Å². The van der Waals surface area contributed by atoms with Crippen LogP contribution in [0.2, 0.25) is 0 Å². The van der Waals surface area contributed by atoms with Crippen LogP contribution in [0.1, 0.15) is 16.9 Å². The number of carbonyl (C=O) groups is 1. The normalized spacial score (nSPS) is 17.8. The standard InChI is InChI=1S/C15H16FN3O3/c1-21-10-2-3-11(12(16)6-10)14-7-13(18-22-14)15(20)19-5-4-9(17)8-19/h2-3,6-7,9H,4-5,8,17H2,1H3/t9-/m1/s1. The van der Waals surface area contributed by atoms with E-state index in [9.17, 15) is 9.18 Å². The molecule has 1 aliphatic rings. The highest BCUT2D eigenvalue weighted by Crippen LogP contribution is 2.27. The highest BCUT2D eigenvalue weighted by molar-refractivity contribution is 5.93. The number of benzene rings is 1. The van der Waals surface area contributed by atoms with E-state index < -0.39 is 5.82 Å². The van der Waals surface area contributed by atoms with Crippen molar-refractivity contribution in [1.29, 1.82) is 0 Å². The number of hydrogen-bond acceptors (Lipinski definition) is 5. The van der Waals surface area contributed by atoms with E-state index in [0.29, 0.717) is 18.8 Å². The molecule has 7 heteroatoms. The van der Waals surface area contributed by atoms with Gasteiger partial charge in [-0.1, -0.05) is 5.16 Å². The summed E-state index contributed by atoms with van der Waals surface area (Å²) in [6, 6.07) is 5.82. The van der Waals surface area contributed by atoms with Crippen molar-refractivity contribution in [2.45, 2.75) is 12.5 Å². The van der Waals surface area contributed by atoms with Gasteiger partial charge >= 0.3 is 0 Å². The number of ether oxygens (including phenoxy) is 1. The predicted octanol–water partition coefficient (Wildman–Crippen LogP) is 1.66. The van der Waals surface area contributed by atoms with Gasteiger partial charge < -0.3 is 19.9 Å². The summed E-state index contributed by atoms with van der Waals surface area (Å²) >= 11 is 0. The second kappa shape index (κ2) is 5.76. The monoisotopic (exact) mass is 305 g/mol. The molecule has 116 valence electrons. The molecule has 2 N–H and O–H groups in total. The molecule has 6 nitrogen and oxygen atoms in total. The highest BCUT2D eigenvalue weighted by atomic mass is 19.1. The number of nitrogens with zero attached hydrogens (tertiary/aromatic N) is 2. The minimum atomic E-state index is -0.502. The van der Waals surface area contributed by atoms with Gasteiger partial charge in [0, 0.05) is 31.3 Å².